The highest BCUT2D eigenvalue weighted by Gasteiger charge is 2.08. The molecule has 0 bridgehead atoms. The fraction of sp³-hybridized carbons (Fsp3) is 0.214. The maximum absolute atomic E-state index is 6.11. The van der Waals surface area contributed by atoms with E-state index in [1.807, 2.05) is 0 Å². The molecule has 0 spiro atoms. The predicted molar refractivity (Wildman–Crippen MR) is 84.1 cm³/mol. The predicted octanol–water partition coefficient (Wildman–Crippen LogP) is 4.88. The van der Waals surface area contributed by atoms with E-state index in [0.717, 1.165) is 5.75 Å². The highest BCUT2D eigenvalue weighted by Crippen LogP contribution is 2.32. The lowest BCUT2D eigenvalue weighted by Gasteiger charge is -2.07. The van der Waals surface area contributed by atoms with Crippen LogP contribution in [-0.2, 0) is 5.75 Å². The Morgan fingerprint density at radius 1 is 1.05 bits per heavy atom. The van der Waals surface area contributed by atoms with Gasteiger partial charge in [0.2, 0.25) is 0 Å². The van der Waals surface area contributed by atoms with Crippen LogP contribution in [-0.4, -0.2) is 4.98 Å². The molecule has 0 aliphatic carbocycles. The van der Waals surface area contributed by atoms with Crippen LogP contribution in [0.1, 0.15) is 16.7 Å². The second kappa shape index (κ2) is 6.04. The van der Waals surface area contributed by atoms with Gasteiger partial charge in [0.05, 0.1) is 10.0 Å². The highest BCUT2D eigenvalue weighted by molar-refractivity contribution is 7.98. The lowest BCUT2D eigenvalue weighted by molar-refractivity contribution is 1.14. The van der Waals surface area contributed by atoms with Crippen molar-refractivity contribution in [2.24, 2.45) is 0 Å². The molecular formula is C14H14Cl2N2S. The quantitative estimate of drug-likeness (QED) is 0.821. The Morgan fingerprint density at radius 2 is 1.68 bits per heavy atom. The zero-order chi connectivity index (χ0) is 14.0. The molecule has 5 heteroatoms. The average Bonchev–Trinajstić information content (AvgIpc) is 2.31. The molecule has 0 saturated heterocycles. The highest BCUT2D eigenvalue weighted by atomic mass is 35.5. The van der Waals surface area contributed by atoms with Crippen LogP contribution in [0.2, 0.25) is 10.0 Å². The lowest BCUT2D eigenvalue weighted by Crippen LogP contribution is -1.94. The number of hydrogen-bond donors (Lipinski definition) is 1. The molecule has 100 valence electrons. The van der Waals surface area contributed by atoms with E-state index in [2.05, 4.69) is 37.0 Å². The van der Waals surface area contributed by atoms with Gasteiger partial charge in [0.25, 0.3) is 0 Å². The summed E-state index contributed by atoms with van der Waals surface area (Å²) in [5.74, 6) is 1.12. The molecule has 0 unspecified atom stereocenters. The minimum absolute atomic E-state index is 0.314. The second-order valence-corrected chi connectivity index (χ2v) is 6.21. The van der Waals surface area contributed by atoms with Gasteiger partial charge in [0, 0.05) is 5.75 Å². The number of benzene rings is 1. The standard InChI is InChI=1S/C14H14Cl2N2S/c1-8-3-9(2)5-10(4-8)7-19-14-12(16)6-11(15)13(17)18-14/h3-6H,7H2,1-2H3,(H2,17,18). The molecule has 0 aliphatic rings. The minimum Gasteiger partial charge on any atom is -0.382 e. The van der Waals surface area contributed by atoms with Crippen LogP contribution >= 0.6 is 35.0 Å². The van der Waals surface area contributed by atoms with Crippen molar-refractivity contribution in [2.45, 2.75) is 24.6 Å². The van der Waals surface area contributed by atoms with Gasteiger partial charge in [-0.15, -0.1) is 11.8 Å². The summed E-state index contributed by atoms with van der Waals surface area (Å²) in [6.07, 6.45) is 0. The number of hydrogen-bond acceptors (Lipinski definition) is 3. The Bertz CT molecular complexity index is 594. The largest absolute Gasteiger partial charge is 0.382 e. The maximum Gasteiger partial charge on any atom is 0.143 e. The van der Waals surface area contributed by atoms with Crippen LogP contribution in [0.15, 0.2) is 29.3 Å². The summed E-state index contributed by atoms with van der Waals surface area (Å²) in [6, 6.07) is 8.11. The Morgan fingerprint density at radius 3 is 2.32 bits per heavy atom. The number of anilines is 1. The van der Waals surface area contributed by atoms with Gasteiger partial charge in [-0.2, -0.15) is 0 Å². The van der Waals surface area contributed by atoms with E-state index in [9.17, 15) is 0 Å². The molecule has 0 saturated carbocycles. The second-order valence-electron chi connectivity index (χ2n) is 4.43. The molecule has 0 fully saturated rings. The Balaban J connectivity index is 2.16. The molecule has 2 N–H and O–H groups in total. The molecule has 0 radical (unpaired) electrons. The number of pyridine rings is 1. The van der Waals surface area contributed by atoms with Crippen LogP contribution in [0.25, 0.3) is 0 Å². The number of aromatic nitrogens is 1. The van der Waals surface area contributed by atoms with E-state index < -0.39 is 0 Å². The first kappa shape index (κ1) is 14.5. The SMILES string of the molecule is Cc1cc(C)cc(CSc2nc(N)c(Cl)cc2Cl)c1. The smallest absolute Gasteiger partial charge is 0.143 e. The van der Waals surface area contributed by atoms with Crippen molar-refractivity contribution in [3.8, 4) is 0 Å². The third-order valence-electron chi connectivity index (χ3n) is 2.58. The molecule has 0 aliphatic heterocycles. The van der Waals surface area contributed by atoms with Crippen molar-refractivity contribution in [3.63, 3.8) is 0 Å². The third kappa shape index (κ3) is 3.78. The van der Waals surface area contributed by atoms with Crippen LogP contribution in [0, 0.1) is 13.8 Å². The van der Waals surface area contributed by atoms with Gasteiger partial charge in [0.1, 0.15) is 10.8 Å². The molecule has 1 aromatic heterocycles. The fourth-order valence-electron chi connectivity index (χ4n) is 1.87. The van der Waals surface area contributed by atoms with E-state index >= 15 is 0 Å². The molecule has 0 amide bonds. The number of nitrogen functional groups attached to an aromatic ring is 1. The summed E-state index contributed by atoms with van der Waals surface area (Å²) >= 11 is 13.5. The van der Waals surface area contributed by atoms with Crippen molar-refractivity contribution < 1.29 is 0 Å². The number of aryl methyl sites for hydroxylation is 2. The molecule has 2 nitrogen and oxygen atoms in total. The van der Waals surface area contributed by atoms with Crippen LogP contribution in [0.3, 0.4) is 0 Å². The third-order valence-corrected chi connectivity index (χ3v) is 4.35. The normalized spacial score (nSPS) is 10.7. The van der Waals surface area contributed by atoms with E-state index in [1.54, 1.807) is 17.8 Å². The monoisotopic (exact) mass is 312 g/mol. The molecule has 1 heterocycles. The van der Waals surface area contributed by atoms with Gasteiger partial charge in [-0.3, -0.25) is 0 Å². The Hall–Kier alpha value is -0.900. The summed E-state index contributed by atoms with van der Waals surface area (Å²) in [5.41, 5.74) is 9.45. The first-order valence-electron chi connectivity index (χ1n) is 5.77. The number of nitrogens with zero attached hydrogens (tertiary/aromatic N) is 1. The maximum atomic E-state index is 6.11. The zero-order valence-corrected chi connectivity index (χ0v) is 13.0. The molecule has 19 heavy (non-hydrogen) atoms. The van der Waals surface area contributed by atoms with E-state index in [-0.39, 0.29) is 0 Å². The van der Waals surface area contributed by atoms with E-state index in [4.69, 9.17) is 28.9 Å². The van der Waals surface area contributed by atoms with Crippen molar-refractivity contribution in [2.75, 3.05) is 5.73 Å². The molecule has 2 rings (SSSR count). The van der Waals surface area contributed by atoms with Crippen molar-refractivity contribution >= 4 is 40.8 Å². The van der Waals surface area contributed by atoms with Gasteiger partial charge in [-0.1, -0.05) is 52.5 Å². The minimum atomic E-state index is 0.314. The summed E-state index contributed by atoms with van der Waals surface area (Å²) < 4.78 is 0. The first-order chi connectivity index (χ1) is 8.95. The first-order valence-corrected chi connectivity index (χ1v) is 7.51. The molecule has 2 aromatic rings. The van der Waals surface area contributed by atoms with Crippen LogP contribution in [0.5, 0.6) is 0 Å². The number of halogens is 2. The number of thioether (sulfide) groups is 1. The van der Waals surface area contributed by atoms with Crippen LogP contribution in [0.4, 0.5) is 5.82 Å². The van der Waals surface area contributed by atoms with Gasteiger partial charge in [-0.25, -0.2) is 4.98 Å². The summed E-state index contributed by atoms with van der Waals surface area (Å²) in [7, 11) is 0. The average molecular weight is 313 g/mol. The van der Waals surface area contributed by atoms with Crippen LogP contribution < -0.4 is 5.73 Å². The Kier molecular flexibility index (Phi) is 4.61. The molecular weight excluding hydrogens is 299 g/mol. The van der Waals surface area contributed by atoms with Gasteiger partial charge in [0.15, 0.2) is 0 Å². The van der Waals surface area contributed by atoms with Gasteiger partial charge < -0.3 is 5.73 Å². The van der Waals surface area contributed by atoms with E-state index in [1.165, 1.54) is 16.7 Å². The lowest BCUT2D eigenvalue weighted by atomic mass is 10.1. The zero-order valence-electron chi connectivity index (χ0n) is 10.7. The van der Waals surface area contributed by atoms with Crippen molar-refractivity contribution in [3.05, 3.63) is 51.0 Å². The summed E-state index contributed by atoms with van der Waals surface area (Å²) in [6.45, 7) is 4.18. The van der Waals surface area contributed by atoms with Crippen molar-refractivity contribution in [1.82, 2.24) is 4.98 Å². The summed E-state index contributed by atoms with van der Waals surface area (Å²) in [4.78, 5) is 4.21. The topological polar surface area (TPSA) is 38.9 Å². The fourth-order valence-corrected chi connectivity index (χ4v) is 3.22. The number of rotatable bonds is 3. The summed E-state index contributed by atoms with van der Waals surface area (Å²) in [5, 5.41) is 1.64. The Labute approximate surface area is 127 Å². The molecule has 1 aromatic carbocycles. The van der Waals surface area contributed by atoms with Gasteiger partial charge >= 0.3 is 0 Å². The molecule has 0 atom stereocenters. The van der Waals surface area contributed by atoms with E-state index in [0.29, 0.717) is 20.9 Å². The van der Waals surface area contributed by atoms with Gasteiger partial charge in [-0.05, 0) is 25.5 Å². The number of nitrogens with two attached hydrogens (primary N) is 1. The van der Waals surface area contributed by atoms with Crippen molar-refractivity contribution in [1.29, 1.82) is 0 Å².